The second-order valence-corrected chi connectivity index (χ2v) is 2.34. The van der Waals surface area contributed by atoms with Crippen LogP contribution in [0.15, 0.2) is 0 Å². The number of hydrogen-bond donors (Lipinski definition) is 1. The monoisotopic (exact) mass is 146 g/mol. The molecule has 1 N–H and O–H groups in total. The molecule has 0 aromatic rings. The lowest BCUT2D eigenvalue weighted by atomic mass is 10.3. The number of carbonyl (C=O) groups is 1. The van der Waals surface area contributed by atoms with Crippen molar-refractivity contribution >= 4 is 5.78 Å². The minimum Gasteiger partial charge on any atom is -0.396 e. The van der Waals surface area contributed by atoms with E-state index >= 15 is 0 Å². The SMILES string of the molecule is CC(=O)COC(C)CCO. The summed E-state index contributed by atoms with van der Waals surface area (Å²) in [4.78, 5) is 10.4. The Kier molecular flexibility index (Phi) is 5.16. The molecular formula is C7H14O3. The van der Waals surface area contributed by atoms with Gasteiger partial charge in [-0.05, 0) is 20.3 Å². The maximum Gasteiger partial charge on any atom is 0.155 e. The lowest BCUT2D eigenvalue weighted by Crippen LogP contribution is -2.14. The summed E-state index contributed by atoms with van der Waals surface area (Å²) in [5.41, 5.74) is 0. The Hall–Kier alpha value is -0.410. The third-order valence-corrected chi connectivity index (χ3v) is 1.11. The molecule has 3 heteroatoms. The van der Waals surface area contributed by atoms with Crippen LogP contribution in [0.4, 0.5) is 0 Å². The first kappa shape index (κ1) is 9.59. The van der Waals surface area contributed by atoms with Gasteiger partial charge in [0.2, 0.25) is 0 Å². The number of hydrogen-bond acceptors (Lipinski definition) is 3. The third-order valence-electron chi connectivity index (χ3n) is 1.11. The van der Waals surface area contributed by atoms with Crippen molar-refractivity contribution in [3.05, 3.63) is 0 Å². The summed E-state index contributed by atoms with van der Waals surface area (Å²) in [6.45, 7) is 3.57. The van der Waals surface area contributed by atoms with Gasteiger partial charge in [0.1, 0.15) is 6.61 Å². The second-order valence-electron chi connectivity index (χ2n) is 2.34. The highest BCUT2D eigenvalue weighted by Crippen LogP contribution is 1.95. The van der Waals surface area contributed by atoms with Crippen molar-refractivity contribution in [3.63, 3.8) is 0 Å². The van der Waals surface area contributed by atoms with E-state index in [4.69, 9.17) is 9.84 Å². The summed E-state index contributed by atoms with van der Waals surface area (Å²) in [5.74, 6) is 0.0183. The molecule has 0 saturated heterocycles. The number of carbonyl (C=O) groups excluding carboxylic acids is 1. The van der Waals surface area contributed by atoms with E-state index in [0.29, 0.717) is 6.42 Å². The Balaban J connectivity index is 3.21. The predicted octanol–water partition coefficient (Wildman–Crippen LogP) is 0.363. The molecule has 0 aromatic heterocycles. The molecule has 0 amide bonds. The number of ketones is 1. The molecule has 0 rings (SSSR count). The van der Waals surface area contributed by atoms with Crippen LogP contribution in [0, 0.1) is 0 Å². The molecule has 0 aliphatic carbocycles. The van der Waals surface area contributed by atoms with Gasteiger partial charge < -0.3 is 9.84 Å². The van der Waals surface area contributed by atoms with Crippen LogP contribution in [0.1, 0.15) is 20.3 Å². The van der Waals surface area contributed by atoms with E-state index in [2.05, 4.69) is 0 Å². The quantitative estimate of drug-likeness (QED) is 0.609. The lowest BCUT2D eigenvalue weighted by Gasteiger charge is -2.08. The predicted molar refractivity (Wildman–Crippen MR) is 37.8 cm³/mol. The number of ether oxygens (including phenoxy) is 1. The summed E-state index contributed by atoms with van der Waals surface area (Å²) in [5, 5.41) is 8.44. The summed E-state index contributed by atoms with van der Waals surface area (Å²) in [6.07, 6.45) is 0.571. The zero-order valence-corrected chi connectivity index (χ0v) is 6.46. The fraction of sp³-hybridized carbons (Fsp3) is 0.857. The maximum atomic E-state index is 10.4. The second kappa shape index (κ2) is 5.38. The van der Waals surface area contributed by atoms with Crippen molar-refractivity contribution < 1.29 is 14.6 Å². The normalized spacial score (nSPS) is 13.1. The Bertz CT molecular complexity index is 101. The third kappa shape index (κ3) is 5.72. The van der Waals surface area contributed by atoms with Gasteiger partial charge in [-0.1, -0.05) is 0 Å². The topological polar surface area (TPSA) is 46.5 Å². The molecule has 0 aliphatic heterocycles. The van der Waals surface area contributed by atoms with Crippen LogP contribution in [0.3, 0.4) is 0 Å². The molecule has 0 heterocycles. The molecule has 1 atom stereocenters. The molecule has 3 nitrogen and oxygen atoms in total. The van der Waals surface area contributed by atoms with E-state index < -0.39 is 0 Å². The van der Waals surface area contributed by atoms with Crippen molar-refractivity contribution in [3.8, 4) is 0 Å². The van der Waals surface area contributed by atoms with Gasteiger partial charge in [0.25, 0.3) is 0 Å². The van der Waals surface area contributed by atoms with Crippen LogP contribution >= 0.6 is 0 Å². The van der Waals surface area contributed by atoms with E-state index in [1.165, 1.54) is 6.92 Å². The number of Topliss-reactive ketones (excluding diaryl/α,β-unsaturated/α-hetero) is 1. The van der Waals surface area contributed by atoms with Crippen molar-refractivity contribution in [1.82, 2.24) is 0 Å². The summed E-state index contributed by atoms with van der Waals surface area (Å²) in [6, 6.07) is 0. The van der Waals surface area contributed by atoms with Gasteiger partial charge in [-0.2, -0.15) is 0 Å². The maximum absolute atomic E-state index is 10.4. The Labute approximate surface area is 61.0 Å². The van der Waals surface area contributed by atoms with Gasteiger partial charge in [0, 0.05) is 6.61 Å². The first-order chi connectivity index (χ1) is 4.66. The van der Waals surface area contributed by atoms with Gasteiger partial charge in [0.05, 0.1) is 6.10 Å². The largest absolute Gasteiger partial charge is 0.396 e. The van der Waals surface area contributed by atoms with Crippen molar-refractivity contribution in [2.24, 2.45) is 0 Å². The van der Waals surface area contributed by atoms with E-state index in [1.807, 2.05) is 6.92 Å². The van der Waals surface area contributed by atoms with Crippen LogP contribution in [0.2, 0.25) is 0 Å². The number of aliphatic hydroxyl groups excluding tert-OH is 1. The van der Waals surface area contributed by atoms with Gasteiger partial charge in [-0.15, -0.1) is 0 Å². The first-order valence-electron chi connectivity index (χ1n) is 3.38. The molecule has 60 valence electrons. The molecule has 10 heavy (non-hydrogen) atoms. The highest BCUT2D eigenvalue weighted by atomic mass is 16.5. The van der Waals surface area contributed by atoms with Gasteiger partial charge in [-0.25, -0.2) is 0 Å². The van der Waals surface area contributed by atoms with Crippen molar-refractivity contribution in [2.75, 3.05) is 13.2 Å². The van der Waals surface area contributed by atoms with Crippen LogP contribution in [-0.2, 0) is 9.53 Å². The van der Waals surface area contributed by atoms with E-state index in [-0.39, 0.29) is 25.1 Å². The molecule has 1 unspecified atom stereocenters. The zero-order chi connectivity index (χ0) is 7.98. The highest BCUT2D eigenvalue weighted by molar-refractivity contribution is 5.76. The fourth-order valence-corrected chi connectivity index (χ4v) is 0.525. The average Bonchev–Trinajstić information content (AvgIpc) is 1.85. The summed E-state index contributed by atoms with van der Waals surface area (Å²) < 4.78 is 5.03. The Morgan fingerprint density at radius 1 is 1.70 bits per heavy atom. The smallest absolute Gasteiger partial charge is 0.155 e. The lowest BCUT2D eigenvalue weighted by molar-refractivity contribution is -0.123. The highest BCUT2D eigenvalue weighted by Gasteiger charge is 2.01. The molecule has 0 spiro atoms. The number of rotatable bonds is 5. The van der Waals surface area contributed by atoms with Crippen molar-refractivity contribution in [2.45, 2.75) is 26.4 Å². The fourth-order valence-electron chi connectivity index (χ4n) is 0.525. The Morgan fingerprint density at radius 2 is 2.30 bits per heavy atom. The first-order valence-corrected chi connectivity index (χ1v) is 3.38. The van der Waals surface area contributed by atoms with Crippen molar-refractivity contribution in [1.29, 1.82) is 0 Å². The van der Waals surface area contributed by atoms with Crippen LogP contribution < -0.4 is 0 Å². The van der Waals surface area contributed by atoms with Gasteiger partial charge in [-0.3, -0.25) is 4.79 Å². The van der Waals surface area contributed by atoms with E-state index in [9.17, 15) is 4.79 Å². The molecular weight excluding hydrogens is 132 g/mol. The van der Waals surface area contributed by atoms with Crippen LogP contribution in [0.25, 0.3) is 0 Å². The van der Waals surface area contributed by atoms with E-state index in [1.54, 1.807) is 0 Å². The molecule has 0 radical (unpaired) electrons. The molecule has 0 aliphatic rings. The Morgan fingerprint density at radius 3 is 2.70 bits per heavy atom. The van der Waals surface area contributed by atoms with Gasteiger partial charge in [0.15, 0.2) is 5.78 Å². The standard InChI is InChI=1S/C7H14O3/c1-6(9)5-10-7(2)3-4-8/h7-8H,3-5H2,1-2H3. The summed E-state index contributed by atoms with van der Waals surface area (Å²) in [7, 11) is 0. The number of aliphatic hydroxyl groups is 1. The molecule has 0 saturated carbocycles. The average molecular weight is 146 g/mol. The zero-order valence-electron chi connectivity index (χ0n) is 6.46. The molecule has 0 aromatic carbocycles. The molecule has 0 fully saturated rings. The summed E-state index contributed by atoms with van der Waals surface area (Å²) >= 11 is 0. The van der Waals surface area contributed by atoms with E-state index in [0.717, 1.165) is 0 Å². The minimum absolute atomic E-state index is 0.0183. The molecule has 0 bridgehead atoms. The minimum atomic E-state index is -0.0195. The van der Waals surface area contributed by atoms with Gasteiger partial charge >= 0.3 is 0 Å². The van der Waals surface area contributed by atoms with Crippen LogP contribution in [0.5, 0.6) is 0 Å². The van der Waals surface area contributed by atoms with Crippen LogP contribution in [-0.4, -0.2) is 30.2 Å².